The highest BCUT2D eigenvalue weighted by atomic mass is 32.2. The highest BCUT2D eigenvalue weighted by Crippen LogP contribution is 2.61. The second-order valence-electron chi connectivity index (χ2n) is 12.8. The van der Waals surface area contributed by atoms with Crippen LogP contribution in [0, 0.1) is 11.3 Å². The average Bonchev–Trinajstić information content (AvgIpc) is 3.28. The van der Waals surface area contributed by atoms with Crippen LogP contribution in [0.5, 0.6) is 11.5 Å². The van der Waals surface area contributed by atoms with Gasteiger partial charge in [0.15, 0.2) is 0 Å². The summed E-state index contributed by atoms with van der Waals surface area (Å²) in [4.78, 5) is 11.9. The maximum absolute atomic E-state index is 13.0. The van der Waals surface area contributed by atoms with Crippen LogP contribution in [0.25, 0.3) is 0 Å². The van der Waals surface area contributed by atoms with Crippen molar-refractivity contribution in [2.75, 3.05) is 18.1 Å². The second-order valence-corrected chi connectivity index (χ2v) is 14.5. The van der Waals surface area contributed by atoms with E-state index in [4.69, 9.17) is 9.47 Å². The van der Waals surface area contributed by atoms with E-state index in [0.29, 0.717) is 37.5 Å². The first kappa shape index (κ1) is 35.2. The van der Waals surface area contributed by atoms with Crippen LogP contribution in [0.1, 0.15) is 94.6 Å². The van der Waals surface area contributed by atoms with Gasteiger partial charge in [0, 0.05) is 41.1 Å². The Labute approximate surface area is 264 Å². The lowest BCUT2D eigenvalue weighted by molar-refractivity contribution is -0.284. The minimum atomic E-state index is -5.58. The van der Waals surface area contributed by atoms with Gasteiger partial charge < -0.3 is 14.6 Å². The first-order valence-corrected chi connectivity index (χ1v) is 17.2. The number of rotatable bonds is 14. The summed E-state index contributed by atoms with van der Waals surface area (Å²) >= 11 is 0. The van der Waals surface area contributed by atoms with Crippen LogP contribution < -0.4 is 4.74 Å². The molecule has 2 fully saturated rings. The maximum atomic E-state index is 13.0. The van der Waals surface area contributed by atoms with Gasteiger partial charge in [-0.3, -0.25) is 9.00 Å². The molecule has 0 aromatic heterocycles. The van der Waals surface area contributed by atoms with Crippen molar-refractivity contribution in [2.45, 2.75) is 102 Å². The normalized spacial score (nSPS) is 25.8. The van der Waals surface area contributed by atoms with Crippen LogP contribution >= 0.6 is 0 Å². The Kier molecular flexibility index (Phi) is 11.6. The third kappa shape index (κ3) is 8.98. The number of ether oxygens (including phenoxy) is 2. The van der Waals surface area contributed by atoms with Gasteiger partial charge in [0.1, 0.15) is 17.6 Å². The number of benzene rings is 2. The Hall–Kier alpha value is -2.69. The fraction of sp³-hybridized carbons (Fsp3) is 0.618. The molecule has 11 heteroatoms. The number of phenols is 1. The van der Waals surface area contributed by atoms with Crippen molar-refractivity contribution < 1.29 is 45.5 Å². The van der Waals surface area contributed by atoms with Crippen LogP contribution in [0.2, 0.25) is 0 Å². The summed E-state index contributed by atoms with van der Waals surface area (Å²) in [7, 11) is -1.44. The third-order valence-corrected chi connectivity index (χ3v) is 11.1. The number of fused-ring (bicyclic) bond motifs is 1. The highest BCUT2D eigenvalue weighted by molar-refractivity contribution is 7.84. The molecule has 2 aliphatic rings. The van der Waals surface area contributed by atoms with Crippen molar-refractivity contribution in [1.29, 1.82) is 0 Å². The van der Waals surface area contributed by atoms with Crippen molar-refractivity contribution in [3.8, 4) is 11.5 Å². The molecular formula is C34H43F5O5S. The summed E-state index contributed by atoms with van der Waals surface area (Å²) in [6, 6.07) is 15.5. The van der Waals surface area contributed by atoms with Crippen molar-refractivity contribution in [3.05, 3.63) is 59.7 Å². The first-order chi connectivity index (χ1) is 21.2. The number of carbonyl (C=O) groups is 1. The van der Waals surface area contributed by atoms with Crippen LogP contribution in [-0.4, -0.2) is 51.6 Å². The molecule has 4 rings (SSSR count). The molecule has 2 saturated carbocycles. The second kappa shape index (κ2) is 14.8. The average molecular weight is 659 g/mol. The number of carbonyl (C=O) groups excluding carboxylic acids is 1. The number of aromatic hydroxyl groups is 1. The number of halogens is 5. The lowest BCUT2D eigenvalue weighted by Gasteiger charge is -2.47. The molecule has 0 radical (unpaired) electrons. The molecule has 2 aliphatic carbocycles. The molecule has 2 aromatic rings. The summed E-state index contributed by atoms with van der Waals surface area (Å²) in [5, 5.41) is 9.87. The maximum Gasteiger partial charge on any atom is 0.453 e. The topological polar surface area (TPSA) is 72.8 Å². The summed E-state index contributed by atoms with van der Waals surface area (Å²) in [6.45, 7) is 4.15. The van der Waals surface area contributed by atoms with Gasteiger partial charge in [-0.05, 0) is 105 Å². The first-order valence-electron chi connectivity index (χ1n) is 15.7. The fourth-order valence-electron chi connectivity index (χ4n) is 7.12. The van der Waals surface area contributed by atoms with Crippen LogP contribution in [-0.2, 0) is 20.3 Å². The molecule has 0 spiro atoms. The van der Waals surface area contributed by atoms with E-state index >= 15 is 0 Å². The number of alkyl halides is 5. The molecule has 0 aliphatic heterocycles. The fourth-order valence-corrected chi connectivity index (χ4v) is 8.32. The molecular weight excluding hydrogens is 615 g/mol. The van der Waals surface area contributed by atoms with E-state index in [1.165, 1.54) is 18.1 Å². The summed E-state index contributed by atoms with van der Waals surface area (Å²) in [6.07, 6.45) is -1.81. The molecule has 45 heavy (non-hydrogen) atoms. The van der Waals surface area contributed by atoms with E-state index < -0.39 is 35.7 Å². The monoisotopic (exact) mass is 658 g/mol. The van der Waals surface area contributed by atoms with Gasteiger partial charge in [-0.2, -0.15) is 22.0 Å². The van der Waals surface area contributed by atoms with E-state index in [-0.39, 0.29) is 46.6 Å². The molecule has 0 saturated heterocycles. The zero-order valence-corrected chi connectivity index (χ0v) is 26.6. The Bertz CT molecular complexity index is 1280. The Morgan fingerprint density at radius 1 is 0.911 bits per heavy atom. The summed E-state index contributed by atoms with van der Waals surface area (Å²) in [5.74, 6) is -3.11. The smallest absolute Gasteiger partial charge is 0.453 e. The van der Waals surface area contributed by atoms with Crippen molar-refractivity contribution in [3.63, 3.8) is 0 Å². The lowest BCUT2D eigenvalue weighted by atomic mass is 9.58. The molecule has 0 heterocycles. The molecule has 0 bridgehead atoms. The molecule has 2 aromatic carbocycles. The van der Waals surface area contributed by atoms with Crippen molar-refractivity contribution in [1.82, 2.24) is 0 Å². The van der Waals surface area contributed by atoms with Crippen molar-refractivity contribution >= 4 is 16.8 Å². The van der Waals surface area contributed by atoms with Gasteiger partial charge in [-0.25, -0.2) is 0 Å². The molecule has 2 unspecified atom stereocenters. The van der Waals surface area contributed by atoms with E-state index in [9.17, 15) is 36.1 Å². The number of hydrogen-bond acceptors (Lipinski definition) is 5. The van der Waals surface area contributed by atoms with Crippen molar-refractivity contribution in [2.24, 2.45) is 11.3 Å². The Morgan fingerprint density at radius 2 is 1.53 bits per heavy atom. The van der Waals surface area contributed by atoms with Crippen LogP contribution in [0.4, 0.5) is 22.0 Å². The van der Waals surface area contributed by atoms with Gasteiger partial charge >= 0.3 is 18.1 Å². The zero-order chi connectivity index (χ0) is 32.8. The SMILES string of the molecule is CC(=O)O[C@H]1CC[C@H]2CC(c3ccc(O)cc3)[C@@H](c3ccc(OCCCCCS(=O)CCCC(F)(F)C(F)(F)F)cc3)C[C@@]21C. The minimum absolute atomic E-state index is 0.109. The van der Waals surface area contributed by atoms with Gasteiger partial charge in [-0.15, -0.1) is 0 Å². The molecule has 0 amide bonds. The van der Waals surface area contributed by atoms with Gasteiger partial charge in [-0.1, -0.05) is 31.2 Å². The molecule has 5 nitrogen and oxygen atoms in total. The number of hydrogen-bond donors (Lipinski definition) is 1. The number of unbranched alkanes of at least 4 members (excludes halogenated alkanes) is 2. The summed E-state index contributed by atoms with van der Waals surface area (Å²) in [5.41, 5.74) is 2.22. The van der Waals surface area contributed by atoms with Crippen LogP contribution in [0.3, 0.4) is 0 Å². The quantitative estimate of drug-likeness (QED) is 0.125. The lowest BCUT2D eigenvalue weighted by Crippen LogP contribution is -2.42. The number of phenolic OH excluding ortho intramolecular Hbond substituents is 1. The molecule has 250 valence electrons. The largest absolute Gasteiger partial charge is 0.508 e. The van der Waals surface area contributed by atoms with E-state index in [1.54, 1.807) is 12.1 Å². The van der Waals surface area contributed by atoms with Gasteiger partial charge in [0.25, 0.3) is 0 Å². The van der Waals surface area contributed by atoms with E-state index in [2.05, 4.69) is 19.1 Å². The Morgan fingerprint density at radius 3 is 2.18 bits per heavy atom. The predicted molar refractivity (Wildman–Crippen MR) is 163 cm³/mol. The highest BCUT2D eigenvalue weighted by Gasteiger charge is 2.56. The molecule has 1 N–H and O–H groups in total. The van der Waals surface area contributed by atoms with Crippen LogP contribution in [0.15, 0.2) is 48.5 Å². The molecule has 6 atom stereocenters. The minimum Gasteiger partial charge on any atom is -0.508 e. The van der Waals surface area contributed by atoms with E-state index in [0.717, 1.165) is 25.7 Å². The Balaban J connectivity index is 1.28. The number of esters is 1. The van der Waals surface area contributed by atoms with Gasteiger partial charge in [0.05, 0.1) is 6.61 Å². The standard InChI is InChI=1S/C34H43F5O5S/c1-23(40)44-31-16-11-26-21-29(24-7-12-27(41)13-8-24)30(22-32(26,31)2)25-9-14-28(15-10-25)43-18-4-3-5-19-45(42)20-6-17-33(35,36)34(37,38)39/h7-10,12-15,26,29-31,41H,3-6,11,16-22H2,1-2H3/t26-,29?,30+,31-,32-,45?/m0/s1. The predicted octanol–water partition coefficient (Wildman–Crippen LogP) is 8.68. The third-order valence-electron chi connectivity index (χ3n) is 9.63. The van der Waals surface area contributed by atoms with Gasteiger partial charge in [0.2, 0.25) is 0 Å². The summed E-state index contributed by atoms with van der Waals surface area (Å²) < 4.78 is 86.4. The zero-order valence-electron chi connectivity index (χ0n) is 25.8. The van der Waals surface area contributed by atoms with E-state index in [1.807, 2.05) is 24.3 Å².